The van der Waals surface area contributed by atoms with Crippen LogP contribution in [0.3, 0.4) is 0 Å². The van der Waals surface area contributed by atoms with Gasteiger partial charge in [-0.05, 0) is 29.8 Å². The minimum Gasteiger partial charge on any atom is -0.497 e. The van der Waals surface area contributed by atoms with Gasteiger partial charge in [0.1, 0.15) is 12.1 Å². The van der Waals surface area contributed by atoms with Gasteiger partial charge in [0.05, 0.1) is 24.2 Å². The summed E-state index contributed by atoms with van der Waals surface area (Å²) in [6.07, 6.45) is 3.07. The minimum atomic E-state index is 0.430. The third-order valence-corrected chi connectivity index (χ3v) is 2.94. The normalized spacial score (nSPS) is 10.9. The zero-order valence-corrected chi connectivity index (χ0v) is 11.4. The molecule has 104 valence electrons. The molecule has 0 aliphatic carbocycles. The number of hydrogen-bond acceptors (Lipinski definition) is 5. The molecule has 0 aliphatic heterocycles. The molecule has 21 heavy (non-hydrogen) atoms. The Morgan fingerprint density at radius 1 is 1.05 bits per heavy atom. The maximum absolute atomic E-state index is 5.37. The van der Waals surface area contributed by atoms with E-state index in [1.165, 1.54) is 6.33 Å². The third-order valence-electron chi connectivity index (χ3n) is 2.94. The molecule has 1 heterocycles. The number of hydrogen-bond donors (Lipinski definition) is 0. The molecule has 2 aromatic carbocycles. The molecule has 5 nitrogen and oxygen atoms in total. The Kier molecular flexibility index (Phi) is 3.73. The Hall–Kier alpha value is -2.95. The van der Waals surface area contributed by atoms with E-state index < -0.39 is 0 Å². The number of oxime groups is 1. The predicted octanol–water partition coefficient (Wildman–Crippen LogP) is 3.05. The van der Waals surface area contributed by atoms with Crippen molar-refractivity contribution in [2.45, 2.75) is 0 Å². The molecule has 0 radical (unpaired) electrons. The summed E-state index contributed by atoms with van der Waals surface area (Å²) in [6.45, 7) is 0. The Bertz CT molecular complexity index is 782. The lowest BCUT2D eigenvalue weighted by Crippen LogP contribution is -1.92. The van der Waals surface area contributed by atoms with E-state index in [1.54, 1.807) is 13.3 Å². The van der Waals surface area contributed by atoms with Crippen molar-refractivity contribution in [2.75, 3.05) is 7.11 Å². The second kappa shape index (κ2) is 6.00. The summed E-state index contributed by atoms with van der Waals surface area (Å²) in [5.41, 5.74) is 1.70. The number of methoxy groups -OCH3 is 1. The van der Waals surface area contributed by atoms with Gasteiger partial charge in [0.25, 0.3) is 5.88 Å². The first kappa shape index (κ1) is 13.1. The van der Waals surface area contributed by atoms with Crippen LogP contribution in [0.2, 0.25) is 0 Å². The quantitative estimate of drug-likeness (QED) is 0.544. The van der Waals surface area contributed by atoms with Crippen LogP contribution in [0.4, 0.5) is 0 Å². The maximum Gasteiger partial charge on any atom is 0.259 e. The summed E-state index contributed by atoms with van der Waals surface area (Å²) < 4.78 is 5.15. The number of benzene rings is 2. The molecule has 0 aliphatic rings. The second-order valence-corrected chi connectivity index (χ2v) is 4.30. The summed E-state index contributed by atoms with van der Waals surface area (Å²) in [5, 5.41) is 4.79. The monoisotopic (exact) mass is 279 g/mol. The first-order valence-electron chi connectivity index (χ1n) is 6.41. The smallest absolute Gasteiger partial charge is 0.259 e. The number of nitrogens with zero attached hydrogens (tertiary/aromatic N) is 3. The molecule has 0 unspecified atom stereocenters. The van der Waals surface area contributed by atoms with Crippen LogP contribution in [0.15, 0.2) is 60.0 Å². The molecular formula is C16H13N3O2. The zero-order chi connectivity index (χ0) is 14.5. The number of para-hydroxylation sites is 1. The van der Waals surface area contributed by atoms with Crippen LogP contribution in [0, 0.1) is 0 Å². The van der Waals surface area contributed by atoms with Crippen molar-refractivity contribution in [3.05, 3.63) is 60.4 Å². The van der Waals surface area contributed by atoms with E-state index in [9.17, 15) is 0 Å². The molecule has 3 aromatic rings. The fourth-order valence-corrected chi connectivity index (χ4v) is 1.91. The fourth-order valence-electron chi connectivity index (χ4n) is 1.91. The average Bonchev–Trinajstić information content (AvgIpc) is 2.55. The molecule has 3 rings (SSSR count). The second-order valence-electron chi connectivity index (χ2n) is 4.30. The Balaban J connectivity index is 1.81. The maximum atomic E-state index is 5.37. The molecule has 0 saturated heterocycles. The lowest BCUT2D eigenvalue weighted by Gasteiger charge is -2.02. The van der Waals surface area contributed by atoms with Crippen LogP contribution in [-0.4, -0.2) is 23.3 Å². The Morgan fingerprint density at radius 3 is 2.86 bits per heavy atom. The summed E-state index contributed by atoms with van der Waals surface area (Å²) in [4.78, 5) is 13.6. The zero-order valence-electron chi connectivity index (χ0n) is 11.4. The van der Waals surface area contributed by atoms with Crippen molar-refractivity contribution < 1.29 is 9.57 Å². The van der Waals surface area contributed by atoms with Crippen LogP contribution >= 0.6 is 0 Å². The largest absolute Gasteiger partial charge is 0.497 e. The average molecular weight is 279 g/mol. The molecule has 5 heteroatoms. The Labute approximate surface area is 121 Å². The van der Waals surface area contributed by atoms with Gasteiger partial charge in [-0.3, -0.25) is 0 Å². The van der Waals surface area contributed by atoms with E-state index in [0.717, 1.165) is 22.2 Å². The molecule has 0 N–H and O–H groups in total. The van der Waals surface area contributed by atoms with E-state index in [1.807, 2.05) is 48.5 Å². The molecule has 0 saturated carbocycles. The van der Waals surface area contributed by atoms with Gasteiger partial charge in [0, 0.05) is 0 Å². The highest BCUT2D eigenvalue weighted by atomic mass is 16.6. The molecule has 0 bridgehead atoms. The van der Waals surface area contributed by atoms with Crippen molar-refractivity contribution in [1.29, 1.82) is 0 Å². The van der Waals surface area contributed by atoms with Crippen molar-refractivity contribution in [2.24, 2.45) is 5.16 Å². The van der Waals surface area contributed by atoms with Crippen LogP contribution in [0.25, 0.3) is 10.9 Å². The highest BCUT2D eigenvalue weighted by molar-refractivity contribution is 5.83. The van der Waals surface area contributed by atoms with E-state index in [-0.39, 0.29) is 0 Å². The van der Waals surface area contributed by atoms with Crippen molar-refractivity contribution >= 4 is 17.1 Å². The van der Waals surface area contributed by atoms with Crippen molar-refractivity contribution in [3.63, 3.8) is 0 Å². The van der Waals surface area contributed by atoms with Crippen LogP contribution in [0.5, 0.6) is 11.6 Å². The summed E-state index contributed by atoms with van der Waals surface area (Å²) in [7, 11) is 1.62. The van der Waals surface area contributed by atoms with Crippen LogP contribution < -0.4 is 9.57 Å². The van der Waals surface area contributed by atoms with E-state index in [2.05, 4.69) is 15.1 Å². The summed E-state index contributed by atoms with van der Waals surface area (Å²) in [5.74, 6) is 1.20. The van der Waals surface area contributed by atoms with Gasteiger partial charge in [0.15, 0.2) is 0 Å². The van der Waals surface area contributed by atoms with Crippen LogP contribution in [0.1, 0.15) is 5.56 Å². The molecule has 0 fully saturated rings. The van der Waals surface area contributed by atoms with Gasteiger partial charge in [-0.15, -0.1) is 0 Å². The first-order chi connectivity index (χ1) is 10.4. The molecular weight excluding hydrogens is 266 g/mol. The predicted molar refractivity (Wildman–Crippen MR) is 80.8 cm³/mol. The number of aromatic nitrogens is 2. The van der Waals surface area contributed by atoms with Gasteiger partial charge >= 0.3 is 0 Å². The van der Waals surface area contributed by atoms with Crippen molar-refractivity contribution in [3.8, 4) is 11.6 Å². The minimum absolute atomic E-state index is 0.430. The van der Waals surface area contributed by atoms with E-state index in [4.69, 9.17) is 9.57 Å². The number of ether oxygens (including phenoxy) is 1. The topological polar surface area (TPSA) is 56.6 Å². The molecule has 0 atom stereocenters. The van der Waals surface area contributed by atoms with Crippen LogP contribution in [-0.2, 0) is 0 Å². The fraction of sp³-hybridized carbons (Fsp3) is 0.0625. The molecule has 1 aromatic heterocycles. The van der Waals surface area contributed by atoms with Gasteiger partial charge in [-0.1, -0.05) is 29.4 Å². The van der Waals surface area contributed by atoms with E-state index >= 15 is 0 Å². The SMILES string of the molecule is COc1cccc(/C=N/Oc2ncnc3ccccc23)c1. The summed E-state index contributed by atoms with van der Waals surface area (Å²) >= 11 is 0. The lowest BCUT2D eigenvalue weighted by atomic mass is 10.2. The number of rotatable bonds is 4. The molecule has 0 amide bonds. The lowest BCUT2D eigenvalue weighted by molar-refractivity contribution is 0.334. The molecule has 0 spiro atoms. The highest BCUT2D eigenvalue weighted by Gasteiger charge is 2.03. The Morgan fingerprint density at radius 2 is 1.95 bits per heavy atom. The number of fused-ring (bicyclic) bond motifs is 1. The van der Waals surface area contributed by atoms with Gasteiger partial charge in [-0.2, -0.15) is 4.98 Å². The van der Waals surface area contributed by atoms with Gasteiger partial charge in [0.2, 0.25) is 0 Å². The summed E-state index contributed by atoms with van der Waals surface area (Å²) in [6, 6.07) is 15.2. The van der Waals surface area contributed by atoms with Gasteiger partial charge < -0.3 is 9.57 Å². The highest BCUT2D eigenvalue weighted by Crippen LogP contribution is 2.20. The van der Waals surface area contributed by atoms with Gasteiger partial charge in [-0.25, -0.2) is 4.98 Å². The van der Waals surface area contributed by atoms with Crippen molar-refractivity contribution in [1.82, 2.24) is 9.97 Å². The first-order valence-corrected chi connectivity index (χ1v) is 6.41. The standard InChI is InChI=1S/C16H13N3O2/c1-20-13-6-4-5-12(9-13)10-19-21-16-14-7-2-3-8-15(14)17-11-18-16/h2-11H,1H3/b19-10+. The van der Waals surface area contributed by atoms with E-state index in [0.29, 0.717) is 5.88 Å². The third kappa shape index (κ3) is 2.97.